The molecule has 2 atom stereocenters. The lowest BCUT2D eigenvalue weighted by atomic mass is 9.82. The van der Waals surface area contributed by atoms with E-state index in [9.17, 15) is 0 Å². The molecule has 2 heteroatoms. The van der Waals surface area contributed by atoms with Crippen LogP contribution in [0, 0.1) is 11.8 Å². The van der Waals surface area contributed by atoms with Gasteiger partial charge in [-0.2, -0.15) is 0 Å². The van der Waals surface area contributed by atoms with E-state index < -0.39 is 0 Å². The van der Waals surface area contributed by atoms with E-state index in [1.54, 1.807) is 0 Å². The first-order valence-corrected chi connectivity index (χ1v) is 8.21. The molecule has 0 amide bonds. The molecular weight excluding hydrogens is 244 g/mol. The third kappa shape index (κ3) is 3.54. The summed E-state index contributed by atoms with van der Waals surface area (Å²) in [5, 5.41) is 3.84. The van der Waals surface area contributed by atoms with E-state index in [1.165, 1.54) is 49.8 Å². The normalized spacial score (nSPS) is 26.8. The molecule has 110 valence electrons. The Bertz CT molecular complexity index is 437. The lowest BCUT2D eigenvalue weighted by Crippen LogP contribution is -2.28. The highest BCUT2D eigenvalue weighted by atomic mass is 15.1. The summed E-state index contributed by atoms with van der Waals surface area (Å²) in [4.78, 5) is 2.24. The van der Waals surface area contributed by atoms with Crippen LogP contribution in [0.2, 0.25) is 0 Å². The fourth-order valence-corrected chi connectivity index (χ4v) is 3.71. The molecule has 0 saturated heterocycles. The molecule has 1 aromatic rings. The molecule has 1 N–H and O–H groups in total. The molecule has 2 nitrogen and oxygen atoms in total. The van der Waals surface area contributed by atoms with Gasteiger partial charge in [-0.05, 0) is 63.2 Å². The zero-order valence-electron chi connectivity index (χ0n) is 12.9. The van der Waals surface area contributed by atoms with Crippen LogP contribution in [0.4, 0.5) is 5.69 Å². The van der Waals surface area contributed by atoms with Gasteiger partial charge in [0.2, 0.25) is 0 Å². The molecule has 0 aliphatic heterocycles. The summed E-state index contributed by atoms with van der Waals surface area (Å²) in [6.45, 7) is 1.02. The molecule has 0 heterocycles. The molecule has 0 spiro atoms. The average Bonchev–Trinajstić information content (AvgIpc) is 3.25. The summed E-state index contributed by atoms with van der Waals surface area (Å²) in [6, 6.07) is 9.50. The predicted molar refractivity (Wildman–Crippen MR) is 85.9 cm³/mol. The van der Waals surface area contributed by atoms with Crippen molar-refractivity contribution in [2.75, 3.05) is 19.4 Å². The number of rotatable bonds is 5. The van der Waals surface area contributed by atoms with Gasteiger partial charge in [-0.3, -0.25) is 0 Å². The zero-order chi connectivity index (χ0) is 13.9. The molecule has 20 heavy (non-hydrogen) atoms. The molecule has 2 unspecified atom stereocenters. The summed E-state index contributed by atoms with van der Waals surface area (Å²) >= 11 is 0. The molecule has 2 saturated carbocycles. The second-order valence-corrected chi connectivity index (χ2v) is 7.00. The second kappa shape index (κ2) is 6.17. The van der Waals surface area contributed by atoms with Gasteiger partial charge in [0.1, 0.15) is 0 Å². The van der Waals surface area contributed by atoms with Crippen LogP contribution < -0.4 is 5.32 Å². The van der Waals surface area contributed by atoms with Crippen molar-refractivity contribution in [1.29, 1.82) is 0 Å². The first-order chi connectivity index (χ1) is 9.72. The van der Waals surface area contributed by atoms with Gasteiger partial charge >= 0.3 is 0 Å². The van der Waals surface area contributed by atoms with Crippen LogP contribution in [0.25, 0.3) is 0 Å². The zero-order valence-corrected chi connectivity index (χ0v) is 12.9. The maximum Gasteiger partial charge on any atom is 0.0388 e. The Kier molecular flexibility index (Phi) is 4.30. The van der Waals surface area contributed by atoms with Crippen LogP contribution in [0.15, 0.2) is 24.3 Å². The van der Waals surface area contributed by atoms with Gasteiger partial charge in [-0.15, -0.1) is 0 Å². The topological polar surface area (TPSA) is 15.3 Å². The van der Waals surface area contributed by atoms with E-state index in [0.29, 0.717) is 6.04 Å². The van der Waals surface area contributed by atoms with E-state index in [0.717, 1.165) is 18.4 Å². The van der Waals surface area contributed by atoms with E-state index in [4.69, 9.17) is 0 Å². The molecule has 0 aromatic heterocycles. The number of benzene rings is 1. The highest BCUT2D eigenvalue weighted by Crippen LogP contribution is 2.44. The van der Waals surface area contributed by atoms with Gasteiger partial charge in [0, 0.05) is 18.3 Å². The second-order valence-electron chi connectivity index (χ2n) is 7.00. The maximum atomic E-state index is 3.84. The Morgan fingerprint density at radius 3 is 2.60 bits per heavy atom. The third-order valence-electron chi connectivity index (χ3n) is 4.87. The molecular formula is C18H28N2. The Labute approximate surface area is 123 Å². The fourth-order valence-electron chi connectivity index (χ4n) is 3.71. The van der Waals surface area contributed by atoms with Crippen molar-refractivity contribution in [3.63, 3.8) is 0 Å². The van der Waals surface area contributed by atoms with Crippen LogP contribution in [-0.4, -0.2) is 25.0 Å². The molecule has 1 aromatic carbocycles. The first kappa shape index (κ1) is 13.9. The minimum Gasteiger partial charge on any atom is -0.382 e. The molecule has 3 rings (SSSR count). The van der Waals surface area contributed by atoms with Crippen molar-refractivity contribution < 1.29 is 0 Å². The lowest BCUT2D eigenvalue weighted by molar-refractivity contribution is 0.303. The van der Waals surface area contributed by atoms with Gasteiger partial charge in [0.05, 0.1) is 0 Å². The van der Waals surface area contributed by atoms with Crippen molar-refractivity contribution in [3.8, 4) is 0 Å². The Balaban J connectivity index is 1.64. The third-order valence-corrected chi connectivity index (χ3v) is 4.87. The van der Waals surface area contributed by atoms with Crippen molar-refractivity contribution in [2.45, 2.75) is 51.1 Å². The van der Waals surface area contributed by atoms with Crippen molar-refractivity contribution in [3.05, 3.63) is 29.8 Å². The minimum atomic E-state index is 0.692. The van der Waals surface area contributed by atoms with E-state index in [-0.39, 0.29) is 0 Å². The first-order valence-electron chi connectivity index (χ1n) is 8.21. The van der Waals surface area contributed by atoms with Crippen LogP contribution >= 0.6 is 0 Å². The van der Waals surface area contributed by atoms with Crippen LogP contribution in [-0.2, 0) is 6.54 Å². The number of hydrogen-bond acceptors (Lipinski definition) is 2. The van der Waals surface area contributed by atoms with Gasteiger partial charge in [0.25, 0.3) is 0 Å². The summed E-state index contributed by atoms with van der Waals surface area (Å²) in [5.74, 6) is 2.07. The molecule has 0 bridgehead atoms. The van der Waals surface area contributed by atoms with E-state index in [2.05, 4.69) is 48.6 Å². The predicted octanol–water partition coefficient (Wildman–Crippen LogP) is 4.13. The monoisotopic (exact) mass is 272 g/mol. The highest BCUT2D eigenvalue weighted by molar-refractivity contribution is 5.51. The number of para-hydroxylation sites is 1. The van der Waals surface area contributed by atoms with Gasteiger partial charge < -0.3 is 10.2 Å². The van der Waals surface area contributed by atoms with Crippen LogP contribution in [0.1, 0.15) is 44.1 Å². The summed E-state index contributed by atoms with van der Waals surface area (Å²) in [5.41, 5.74) is 2.77. The fraction of sp³-hybridized carbons (Fsp3) is 0.667. The van der Waals surface area contributed by atoms with Crippen LogP contribution in [0.3, 0.4) is 0 Å². The lowest BCUT2D eigenvalue weighted by Gasteiger charge is -2.31. The van der Waals surface area contributed by atoms with Gasteiger partial charge in [-0.1, -0.05) is 31.0 Å². The SMILES string of the molecule is CN(C)Cc1ccccc1NC1CCCC(C2CC2)C1. The molecule has 2 aliphatic carbocycles. The number of anilines is 1. The van der Waals surface area contributed by atoms with Crippen molar-refractivity contribution in [1.82, 2.24) is 4.90 Å². The van der Waals surface area contributed by atoms with Crippen LogP contribution in [0.5, 0.6) is 0 Å². The maximum absolute atomic E-state index is 3.84. The number of hydrogen-bond donors (Lipinski definition) is 1. The van der Waals surface area contributed by atoms with Crippen molar-refractivity contribution >= 4 is 5.69 Å². The van der Waals surface area contributed by atoms with E-state index in [1.807, 2.05) is 0 Å². The average molecular weight is 272 g/mol. The minimum absolute atomic E-state index is 0.692. The summed E-state index contributed by atoms with van der Waals surface area (Å²) in [7, 11) is 4.28. The summed E-state index contributed by atoms with van der Waals surface area (Å²) < 4.78 is 0. The highest BCUT2D eigenvalue weighted by Gasteiger charge is 2.34. The number of nitrogens with one attached hydrogen (secondary N) is 1. The molecule has 0 radical (unpaired) electrons. The van der Waals surface area contributed by atoms with E-state index >= 15 is 0 Å². The van der Waals surface area contributed by atoms with Gasteiger partial charge in [0.15, 0.2) is 0 Å². The summed E-state index contributed by atoms with van der Waals surface area (Å²) in [6.07, 6.45) is 8.61. The van der Waals surface area contributed by atoms with Crippen molar-refractivity contribution in [2.24, 2.45) is 11.8 Å². The standard InChI is InChI=1S/C18H28N2/c1-20(2)13-16-6-3-4-9-18(16)19-17-8-5-7-15(12-17)14-10-11-14/h3-4,6,9,14-15,17,19H,5,7-8,10-13H2,1-2H3. The molecule has 2 aliphatic rings. The Hall–Kier alpha value is -1.02. The smallest absolute Gasteiger partial charge is 0.0388 e. The van der Waals surface area contributed by atoms with Gasteiger partial charge in [-0.25, -0.2) is 0 Å². The molecule has 2 fully saturated rings. The Morgan fingerprint density at radius 2 is 1.85 bits per heavy atom. The quantitative estimate of drug-likeness (QED) is 0.867. The number of nitrogens with zero attached hydrogens (tertiary/aromatic N) is 1. The Morgan fingerprint density at radius 1 is 1.05 bits per heavy atom. The largest absolute Gasteiger partial charge is 0.382 e.